The highest BCUT2D eigenvalue weighted by Gasteiger charge is 2.25. The first-order valence-corrected chi connectivity index (χ1v) is 4.22. The lowest BCUT2D eigenvalue weighted by molar-refractivity contribution is -0.143. The summed E-state index contributed by atoms with van der Waals surface area (Å²) >= 11 is 0. The molecule has 4 heteroatoms. The second-order valence-electron chi connectivity index (χ2n) is 2.94. The Labute approximate surface area is 72.1 Å². The number of methoxy groups -OCH3 is 1. The summed E-state index contributed by atoms with van der Waals surface area (Å²) in [5, 5.41) is 8.78. The largest absolute Gasteiger partial charge is 0.393 e. The fraction of sp³-hybridized carbons (Fsp3) is 0.875. The van der Waals surface area contributed by atoms with Crippen molar-refractivity contribution in [1.82, 2.24) is 4.90 Å². The van der Waals surface area contributed by atoms with Crippen LogP contribution in [0.2, 0.25) is 0 Å². The number of aliphatic hydroxyl groups is 1. The first-order chi connectivity index (χ1) is 5.79. The number of hydrogen-bond donors (Lipinski definition) is 1. The molecule has 0 radical (unpaired) electrons. The molecule has 1 saturated heterocycles. The van der Waals surface area contributed by atoms with Crippen LogP contribution in [0, 0.1) is 0 Å². The molecule has 4 nitrogen and oxygen atoms in total. The van der Waals surface area contributed by atoms with Gasteiger partial charge in [-0.15, -0.1) is 0 Å². The molecule has 0 aromatic rings. The van der Waals surface area contributed by atoms with Gasteiger partial charge in [0.15, 0.2) is 6.10 Å². The van der Waals surface area contributed by atoms with E-state index in [9.17, 15) is 4.79 Å². The molecule has 0 bridgehead atoms. The number of carbonyl (C=O) groups excluding carboxylic acids is 1. The van der Waals surface area contributed by atoms with Crippen molar-refractivity contribution in [3.05, 3.63) is 0 Å². The van der Waals surface area contributed by atoms with Crippen LogP contribution in [0.4, 0.5) is 0 Å². The molecular weight excluding hydrogens is 158 g/mol. The lowest BCUT2D eigenvalue weighted by Gasteiger charge is -2.20. The number of likely N-dealkylation sites (tertiary alicyclic amines) is 1. The van der Waals surface area contributed by atoms with Crippen LogP contribution in [0.3, 0.4) is 0 Å². The number of ether oxygens (including phenoxy) is 1. The Morgan fingerprint density at radius 1 is 1.58 bits per heavy atom. The van der Waals surface area contributed by atoms with Gasteiger partial charge in [-0.3, -0.25) is 4.79 Å². The maximum atomic E-state index is 11.4. The third kappa shape index (κ3) is 1.95. The minimum Gasteiger partial charge on any atom is -0.393 e. The highest BCUT2D eigenvalue weighted by atomic mass is 16.5. The van der Waals surface area contributed by atoms with Crippen LogP contribution in [-0.2, 0) is 9.53 Å². The number of nitrogens with zero attached hydrogens (tertiary/aromatic N) is 1. The van der Waals surface area contributed by atoms with Gasteiger partial charge in [0.05, 0.1) is 6.61 Å². The summed E-state index contributed by atoms with van der Waals surface area (Å²) in [6.45, 7) is 1.38. The van der Waals surface area contributed by atoms with Crippen LogP contribution in [0.1, 0.15) is 12.8 Å². The summed E-state index contributed by atoms with van der Waals surface area (Å²) in [7, 11) is 1.44. The number of amides is 1. The topological polar surface area (TPSA) is 49.8 Å². The third-order valence-electron chi connectivity index (χ3n) is 2.14. The van der Waals surface area contributed by atoms with Gasteiger partial charge in [-0.1, -0.05) is 0 Å². The van der Waals surface area contributed by atoms with Gasteiger partial charge in [-0.25, -0.2) is 0 Å². The molecule has 1 aliphatic rings. The summed E-state index contributed by atoms with van der Waals surface area (Å²) in [4.78, 5) is 13.2. The fourth-order valence-electron chi connectivity index (χ4n) is 1.39. The Hall–Kier alpha value is -0.610. The number of hydrogen-bond acceptors (Lipinski definition) is 3. The molecule has 0 spiro atoms. The maximum Gasteiger partial charge on any atom is 0.254 e. The van der Waals surface area contributed by atoms with Crippen LogP contribution in [-0.4, -0.2) is 48.8 Å². The Bertz CT molecular complexity index is 146. The Morgan fingerprint density at radius 2 is 2.17 bits per heavy atom. The smallest absolute Gasteiger partial charge is 0.254 e. The van der Waals surface area contributed by atoms with Gasteiger partial charge in [0, 0.05) is 20.2 Å². The van der Waals surface area contributed by atoms with Gasteiger partial charge < -0.3 is 14.7 Å². The van der Waals surface area contributed by atoms with E-state index in [1.165, 1.54) is 7.11 Å². The molecule has 0 aliphatic carbocycles. The standard InChI is InChI=1S/C8H15NO3/c1-12-7(6-10)8(11)9-4-2-3-5-9/h7,10H,2-6H2,1H3. The van der Waals surface area contributed by atoms with E-state index in [2.05, 4.69) is 0 Å². The molecule has 1 fully saturated rings. The predicted molar refractivity (Wildman–Crippen MR) is 43.7 cm³/mol. The van der Waals surface area contributed by atoms with E-state index in [0.717, 1.165) is 25.9 Å². The zero-order chi connectivity index (χ0) is 8.97. The van der Waals surface area contributed by atoms with E-state index in [0.29, 0.717) is 0 Å². The molecule has 1 N–H and O–H groups in total. The molecular formula is C8H15NO3. The summed E-state index contributed by atoms with van der Waals surface area (Å²) < 4.78 is 4.83. The average Bonchev–Trinajstić information content (AvgIpc) is 2.58. The van der Waals surface area contributed by atoms with Crippen molar-refractivity contribution < 1.29 is 14.6 Å². The molecule has 0 aromatic heterocycles. The van der Waals surface area contributed by atoms with Crippen molar-refractivity contribution in [2.24, 2.45) is 0 Å². The van der Waals surface area contributed by atoms with Gasteiger partial charge in [-0.2, -0.15) is 0 Å². The maximum absolute atomic E-state index is 11.4. The highest BCUT2D eigenvalue weighted by molar-refractivity contribution is 5.81. The first kappa shape index (κ1) is 9.48. The van der Waals surface area contributed by atoms with Gasteiger partial charge in [0.1, 0.15) is 0 Å². The van der Waals surface area contributed by atoms with Crippen molar-refractivity contribution in [2.75, 3.05) is 26.8 Å². The van der Waals surface area contributed by atoms with E-state index in [1.807, 2.05) is 0 Å². The molecule has 0 aromatic carbocycles. The lowest BCUT2D eigenvalue weighted by Crippen LogP contribution is -2.40. The molecule has 1 heterocycles. The van der Waals surface area contributed by atoms with Crippen molar-refractivity contribution in [2.45, 2.75) is 18.9 Å². The summed E-state index contributed by atoms with van der Waals surface area (Å²) in [6.07, 6.45) is 1.46. The summed E-state index contributed by atoms with van der Waals surface area (Å²) in [6, 6.07) is 0. The summed E-state index contributed by atoms with van der Waals surface area (Å²) in [5.74, 6) is -0.0856. The number of carbonyl (C=O) groups is 1. The minimum atomic E-state index is -0.664. The van der Waals surface area contributed by atoms with Crippen molar-refractivity contribution >= 4 is 5.91 Å². The Balaban J connectivity index is 2.43. The summed E-state index contributed by atoms with van der Waals surface area (Å²) in [5.41, 5.74) is 0. The van der Waals surface area contributed by atoms with Gasteiger partial charge in [0.2, 0.25) is 0 Å². The molecule has 1 rings (SSSR count). The Morgan fingerprint density at radius 3 is 2.58 bits per heavy atom. The monoisotopic (exact) mass is 173 g/mol. The minimum absolute atomic E-state index is 0.0856. The van der Waals surface area contributed by atoms with Crippen LogP contribution < -0.4 is 0 Å². The van der Waals surface area contributed by atoms with E-state index in [4.69, 9.17) is 9.84 Å². The van der Waals surface area contributed by atoms with Crippen molar-refractivity contribution in [1.29, 1.82) is 0 Å². The fourth-order valence-corrected chi connectivity index (χ4v) is 1.39. The normalized spacial score (nSPS) is 19.7. The Kier molecular flexibility index (Phi) is 3.49. The zero-order valence-corrected chi connectivity index (χ0v) is 7.32. The van der Waals surface area contributed by atoms with Crippen LogP contribution in [0.5, 0.6) is 0 Å². The second kappa shape index (κ2) is 4.42. The van der Waals surface area contributed by atoms with Crippen molar-refractivity contribution in [3.63, 3.8) is 0 Å². The molecule has 70 valence electrons. The van der Waals surface area contributed by atoms with Crippen LogP contribution in [0.15, 0.2) is 0 Å². The van der Waals surface area contributed by atoms with E-state index in [-0.39, 0.29) is 12.5 Å². The highest BCUT2D eigenvalue weighted by Crippen LogP contribution is 2.09. The van der Waals surface area contributed by atoms with Gasteiger partial charge in [0.25, 0.3) is 5.91 Å². The molecule has 1 unspecified atom stereocenters. The number of aliphatic hydroxyl groups excluding tert-OH is 1. The molecule has 1 atom stereocenters. The van der Waals surface area contributed by atoms with E-state index in [1.54, 1.807) is 4.90 Å². The molecule has 12 heavy (non-hydrogen) atoms. The lowest BCUT2D eigenvalue weighted by atomic mass is 10.3. The van der Waals surface area contributed by atoms with E-state index >= 15 is 0 Å². The molecule has 1 amide bonds. The van der Waals surface area contributed by atoms with Crippen LogP contribution >= 0.6 is 0 Å². The molecule has 1 aliphatic heterocycles. The van der Waals surface area contributed by atoms with E-state index < -0.39 is 6.10 Å². The second-order valence-corrected chi connectivity index (χ2v) is 2.94. The average molecular weight is 173 g/mol. The van der Waals surface area contributed by atoms with Crippen LogP contribution in [0.25, 0.3) is 0 Å². The third-order valence-corrected chi connectivity index (χ3v) is 2.14. The van der Waals surface area contributed by atoms with Gasteiger partial charge >= 0.3 is 0 Å². The SMILES string of the molecule is COC(CO)C(=O)N1CCCC1. The zero-order valence-electron chi connectivity index (χ0n) is 7.32. The quantitative estimate of drug-likeness (QED) is 0.632. The number of rotatable bonds is 3. The molecule has 0 saturated carbocycles. The first-order valence-electron chi connectivity index (χ1n) is 4.22. The van der Waals surface area contributed by atoms with Gasteiger partial charge in [-0.05, 0) is 12.8 Å². The van der Waals surface area contributed by atoms with Crippen molar-refractivity contribution in [3.8, 4) is 0 Å². The predicted octanol–water partition coefficient (Wildman–Crippen LogP) is -0.384.